The van der Waals surface area contributed by atoms with Crippen LogP contribution >= 0.6 is 0 Å². The zero-order valence-electron chi connectivity index (χ0n) is 12.5. The predicted octanol–water partition coefficient (Wildman–Crippen LogP) is 2.04. The summed E-state index contributed by atoms with van der Waals surface area (Å²) in [5.41, 5.74) is 0.276. The number of hydrogen-bond donors (Lipinski definition) is 2. The highest BCUT2D eigenvalue weighted by Crippen LogP contribution is 2.33. The van der Waals surface area contributed by atoms with Crippen molar-refractivity contribution in [1.82, 2.24) is 5.32 Å². The molecule has 0 aliphatic rings. The number of aliphatic carboxylic acids is 1. The molecule has 2 N–H and O–H groups in total. The Kier molecular flexibility index (Phi) is 5.78. The normalized spacial score (nSPS) is 11.2. The molecule has 0 spiro atoms. The van der Waals surface area contributed by atoms with Gasteiger partial charge in [-0.2, -0.15) is 0 Å². The van der Waals surface area contributed by atoms with Gasteiger partial charge in [0.15, 0.2) is 11.5 Å². The second kappa shape index (κ2) is 7.33. The van der Waals surface area contributed by atoms with E-state index in [1.165, 1.54) is 20.1 Å². The van der Waals surface area contributed by atoms with Gasteiger partial charge in [0, 0.05) is 12.5 Å². The van der Waals surface area contributed by atoms with E-state index in [1.54, 1.807) is 18.2 Å². The number of amides is 1. The minimum atomic E-state index is -1.23. The zero-order chi connectivity index (χ0) is 16.0. The maximum atomic E-state index is 11.2. The Morgan fingerprint density at radius 1 is 1.33 bits per heavy atom. The lowest BCUT2D eigenvalue weighted by Gasteiger charge is -2.16. The van der Waals surface area contributed by atoms with E-state index in [-0.39, 0.29) is 11.8 Å². The predicted molar refractivity (Wildman–Crippen MR) is 78.2 cm³/mol. The summed E-state index contributed by atoms with van der Waals surface area (Å²) in [7, 11) is 1.50. The summed E-state index contributed by atoms with van der Waals surface area (Å²) >= 11 is 0. The Bertz CT molecular complexity index is 563. The second-order valence-electron chi connectivity index (χ2n) is 4.59. The average molecular weight is 293 g/mol. The molecular weight excluding hydrogens is 274 g/mol. The summed E-state index contributed by atoms with van der Waals surface area (Å²) in [6.07, 6.45) is 1.23. The van der Waals surface area contributed by atoms with Crippen molar-refractivity contribution in [3.63, 3.8) is 0 Å². The lowest BCUT2D eigenvalue weighted by atomic mass is 10.1. The third-order valence-corrected chi connectivity index (χ3v) is 2.42. The van der Waals surface area contributed by atoms with Gasteiger partial charge in [0.25, 0.3) is 0 Å². The van der Waals surface area contributed by atoms with Crippen molar-refractivity contribution in [3.05, 3.63) is 29.5 Å². The lowest BCUT2D eigenvalue weighted by Crippen LogP contribution is -2.24. The van der Waals surface area contributed by atoms with Crippen LogP contribution in [0.5, 0.6) is 11.5 Å². The largest absolute Gasteiger partial charge is 0.493 e. The topological polar surface area (TPSA) is 84.9 Å². The van der Waals surface area contributed by atoms with E-state index in [4.69, 9.17) is 14.6 Å². The summed E-state index contributed by atoms with van der Waals surface area (Å²) in [5.74, 6) is -0.773. The second-order valence-corrected chi connectivity index (χ2v) is 4.59. The van der Waals surface area contributed by atoms with Crippen molar-refractivity contribution >= 4 is 18.0 Å². The smallest absolute Gasteiger partial charge is 0.352 e. The highest BCUT2D eigenvalue weighted by atomic mass is 16.5. The van der Waals surface area contributed by atoms with Crippen LogP contribution in [0.1, 0.15) is 26.3 Å². The highest BCUT2D eigenvalue weighted by Gasteiger charge is 2.14. The number of carbonyl (C=O) groups excluding carboxylic acids is 1. The molecule has 1 aromatic carbocycles. The molecule has 0 atom stereocenters. The molecular formula is C15H19NO5. The molecule has 1 aromatic rings. The fraction of sp³-hybridized carbons (Fsp3) is 0.333. The zero-order valence-corrected chi connectivity index (χ0v) is 12.5. The van der Waals surface area contributed by atoms with Gasteiger partial charge in [-0.25, -0.2) is 4.79 Å². The first-order valence-corrected chi connectivity index (χ1v) is 6.41. The van der Waals surface area contributed by atoms with Gasteiger partial charge in [0.05, 0.1) is 13.2 Å². The van der Waals surface area contributed by atoms with Gasteiger partial charge in [-0.3, -0.25) is 4.79 Å². The van der Waals surface area contributed by atoms with Gasteiger partial charge in [-0.05, 0) is 26.0 Å². The van der Waals surface area contributed by atoms with Gasteiger partial charge < -0.3 is 19.9 Å². The van der Waals surface area contributed by atoms with Crippen molar-refractivity contribution in [2.24, 2.45) is 0 Å². The molecule has 0 bridgehead atoms. The van der Waals surface area contributed by atoms with Gasteiger partial charge in [-0.15, -0.1) is 0 Å². The van der Waals surface area contributed by atoms with Gasteiger partial charge in [0.2, 0.25) is 5.91 Å². The molecule has 0 radical (unpaired) electrons. The van der Waals surface area contributed by atoms with Crippen LogP contribution in [-0.2, 0) is 9.59 Å². The van der Waals surface area contributed by atoms with Crippen molar-refractivity contribution in [1.29, 1.82) is 0 Å². The molecule has 1 amide bonds. The average Bonchev–Trinajstić information content (AvgIpc) is 2.38. The van der Waals surface area contributed by atoms with Crippen LogP contribution in [-0.4, -0.2) is 30.2 Å². The van der Waals surface area contributed by atoms with Crippen LogP contribution in [0.25, 0.3) is 6.08 Å². The third-order valence-electron chi connectivity index (χ3n) is 2.42. The summed E-state index contributed by atoms with van der Waals surface area (Å²) < 4.78 is 10.9. The number of nitrogens with one attached hydrogen (secondary N) is 1. The molecule has 0 aromatic heterocycles. The van der Waals surface area contributed by atoms with Crippen molar-refractivity contribution in [3.8, 4) is 11.5 Å². The van der Waals surface area contributed by atoms with Crippen LogP contribution in [0.4, 0.5) is 0 Å². The Morgan fingerprint density at radius 3 is 2.48 bits per heavy atom. The number of carbonyl (C=O) groups is 2. The fourth-order valence-electron chi connectivity index (χ4n) is 1.67. The summed E-state index contributed by atoms with van der Waals surface area (Å²) in [5, 5.41) is 11.4. The monoisotopic (exact) mass is 293 g/mol. The molecule has 0 heterocycles. The Hall–Kier alpha value is -2.50. The first-order chi connectivity index (χ1) is 9.85. The number of ether oxygens (including phenoxy) is 2. The van der Waals surface area contributed by atoms with Crippen molar-refractivity contribution < 1.29 is 24.2 Å². The number of benzene rings is 1. The minimum absolute atomic E-state index is 0.109. The Labute approximate surface area is 123 Å². The number of para-hydroxylation sites is 1. The lowest BCUT2D eigenvalue weighted by molar-refractivity contribution is -0.134. The van der Waals surface area contributed by atoms with E-state index in [0.29, 0.717) is 17.1 Å². The maximum absolute atomic E-state index is 11.2. The molecule has 0 saturated heterocycles. The number of hydrogen-bond acceptors (Lipinski definition) is 4. The molecule has 21 heavy (non-hydrogen) atoms. The molecule has 0 aliphatic heterocycles. The van der Waals surface area contributed by atoms with Crippen LogP contribution in [0.3, 0.4) is 0 Å². The van der Waals surface area contributed by atoms with E-state index in [1.807, 2.05) is 13.8 Å². The van der Waals surface area contributed by atoms with E-state index in [0.717, 1.165) is 0 Å². The van der Waals surface area contributed by atoms with Crippen LogP contribution in [0.15, 0.2) is 23.9 Å². The summed E-state index contributed by atoms with van der Waals surface area (Å²) in [4.78, 5) is 22.2. The van der Waals surface area contributed by atoms with Crippen molar-refractivity contribution in [2.45, 2.75) is 26.9 Å². The highest BCUT2D eigenvalue weighted by molar-refractivity contribution is 5.96. The van der Waals surface area contributed by atoms with Crippen LogP contribution < -0.4 is 14.8 Å². The minimum Gasteiger partial charge on any atom is -0.493 e. The molecule has 0 unspecified atom stereocenters. The van der Waals surface area contributed by atoms with Crippen LogP contribution in [0, 0.1) is 0 Å². The number of methoxy groups -OCH3 is 1. The third kappa shape index (κ3) is 4.83. The number of carboxylic acids is 1. The standard InChI is InChI=1S/C15H19NO5/c1-9(2)21-14-11(6-5-7-13(14)20-4)8-12(15(18)19)16-10(3)17/h5-9H,1-4H3,(H,16,17)(H,18,19)/b12-8-. The Balaban J connectivity index is 3.32. The van der Waals surface area contributed by atoms with E-state index < -0.39 is 11.9 Å². The molecule has 6 heteroatoms. The van der Waals surface area contributed by atoms with Gasteiger partial charge in [0.1, 0.15) is 5.70 Å². The summed E-state index contributed by atoms with van der Waals surface area (Å²) in [6, 6.07) is 5.12. The molecule has 114 valence electrons. The van der Waals surface area contributed by atoms with E-state index in [2.05, 4.69) is 5.32 Å². The number of rotatable bonds is 6. The van der Waals surface area contributed by atoms with Gasteiger partial charge in [-0.1, -0.05) is 12.1 Å². The molecule has 0 saturated carbocycles. The Morgan fingerprint density at radius 2 is 2.00 bits per heavy atom. The SMILES string of the molecule is COc1cccc(/C=C(\NC(C)=O)C(=O)O)c1OC(C)C. The first-order valence-electron chi connectivity index (χ1n) is 6.41. The molecule has 0 fully saturated rings. The van der Waals surface area contributed by atoms with E-state index >= 15 is 0 Å². The molecule has 0 aliphatic carbocycles. The molecule has 1 rings (SSSR count). The number of carboxylic acid groups (broad SMARTS) is 1. The first kappa shape index (κ1) is 16.6. The molecule has 6 nitrogen and oxygen atoms in total. The maximum Gasteiger partial charge on any atom is 0.352 e. The quantitative estimate of drug-likeness (QED) is 0.784. The van der Waals surface area contributed by atoms with Gasteiger partial charge >= 0.3 is 5.97 Å². The van der Waals surface area contributed by atoms with Crippen molar-refractivity contribution in [2.75, 3.05) is 7.11 Å². The van der Waals surface area contributed by atoms with Crippen LogP contribution in [0.2, 0.25) is 0 Å². The summed E-state index contributed by atoms with van der Waals surface area (Å²) in [6.45, 7) is 4.95. The van der Waals surface area contributed by atoms with E-state index in [9.17, 15) is 9.59 Å². The fourth-order valence-corrected chi connectivity index (χ4v) is 1.67.